The normalized spacial score (nSPS) is 14.8. The van der Waals surface area contributed by atoms with E-state index >= 15 is 0 Å². The van der Waals surface area contributed by atoms with Crippen LogP contribution < -0.4 is 15.4 Å². The average molecular weight is 376 g/mol. The summed E-state index contributed by atoms with van der Waals surface area (Å²) >= 11 is 0. The molecule has 0 aliphatic heterocycles. The molecule has 1 aromatic heterocycles. The molecule has 4 rings (SSSR count). The lowest BCUT2D eigenvalue weighted by atomic mass is 9.72. The second-order valence-electron chi connectivity index (χ2n) is 7.14. The van der Waals surface area contributed by atoms with Crippen LogP contribution in [0.2, 0.25) is 0 Å². The van der Waals surface area contributed by atoms with Crippen molar-refractivity contribution in [1.82, 2.24) is 15.1 Å². The number of carbonyl (C=O) groups is 1. The molecule has 144 valence electrons. The Morgan fingerprint density at radius 3 is 2.61 bits per heavy atom. The Balaban J connectivity index is 1.50. The predicted octanol–water partition coefficient (Wildman–Crippen LogP) is 4.39. The van der Waals surface area contributed by atoms with Gasteiger partial charge in [-0.1, -0.05) is 30.3 Å². The molecule has 28 heavy (non-hydrogen) atoms. The number of anilines is 1. The molecular weight excluding hydrogens is 352 g/mol. The standard InChI is InChI=1S/C22H24N4O2/c1-16-20(15-23-26(16)18-9-4-3-5-10-18)24-21(27)25-22(12-7-13-22)17-8-6-11-19(14-17)28-2/h3-6,8-11,14-15H,7,12-13H2,1-2H3,(H2,24,25,27). The summed E-state index contributed by atoms with van der Waals surface area (Å²) in [6.07, 6.45) is 4.59. The zero-order valence-corrected chi connectivity index (χ0v) is 16.1. The summed E-state index contributed by atoms with van der Waals surface area (Å²) in [5, 5.41) is 10.5. The van der Waals surface area contributed by atoms with Crippen molar-refractivity contribution in [2.75, 3.05) is 12.4 Å². The van der Waals surface area contributed by atoms with E-state index in [0.29, 0.717) is 5.69 Å². The fourth-order valence-corrected chi connectivity index (χ4v) is 3.67. The van der Waals surface area contributed by atoms with Gasteiger partial charge < -0.3 is 15.4 Å². The minimum Gasteiger partial charge on any atom is -0.497 e. The summed E-state index contributed by atoms with van der Waals surface area (Å²) in [4.78, 5) is 12.8. The van der Waals surface area contributed by atoms with Crippen LogP contribution in [0.15, 0.2) is 60.8 Å². The number of nitrogens with zero attached hydrogens (tertiary/aromatic N) is 2. The third-order valence-electron chi connectivity index (χ3n) is 5.44. The number of hydrogen-bond acceptors (Lipinski definition) is 3. The predicted molar refractivity (Wildman–Crippen MR) is 109 cm³/mol. The van der Waals surface area contributed by atoms with Crippen molar-refractivity contribution < 1.29 is 9.53 Å². The molecule has 0 spiro atoms. The highest BCUT2D eigenvalue weighted by Gasteiger charge is 2.40. The first-order chi connectivity index (χ1) is 13.6. The van der Waals surface area contributed by atoms with Gasteiger partial charge in [0.2, 0.25) is 0 Å². The average Bonchev–Trinajstić information content (AvgIpc) is 3.05. The molecule has 1 aliphatic carbocycles. The van der Waals surface area contributed by atoms with Crippen LogP contribution in [0.3, 0.4) is 0 Å². The molecule has 2 amide bonds. The zero-order valence-electron chi connectivity index (χ0n) is 16.1. The van der Waals surface area contributed by atoms with Crippen molar-refractivity contribution in [1.29, 1.82) is 0 Å². The Labute approximate surface area is 164 Å². The first kappa shape index (κ1) is 18.1. The van der Waals surface area contributed by atoms with Gasteiger partial charge in [0.25, 0.3) is 0 Å². The first-order valence-electron chi connectivity index (χ1n) is 9.45. The van der Waals surface area contributed by atoms with Crippen molar-refractivity contribution in [3.63, 3.8) is 0 Å². The maximum atomic E-state index is 12.8. The monoisotopic (exact) mass is 376 g/mol. The quantitative estimate of drug-likeness (QED) is 0.694. The number of hydrogen-bond donors (Lipinski definition) is 2. The molecule has 1 aliphatic rings. The third-order valence-corrected chi connectivity index (χ3v) is 5.44. The molecule has 0 unspecified atom stereocenters. The Kier molecular flexibility index (Phi) is 4.77. The summed E-state index contributed by atoms with van der Waals surface area (Å²) in [5.41, 5.74) is 3.26. The van der Waals surface area contributed by atoms with Crippen LogP contribution in [0.25, 0.3) is 5.69 Å². The second-order valence-corrected chi connectivity index (χ2v) is 7.14. The zero-order chi connectivity index (χ0) is 19.6. The fourth-order valence-electron chi connectivity index (χ4n) is 3.67. The number of nitrogens with one attached hydrogen (secondary N) is 2. The van der Waals surface area contributed by atoms with Gasteiger partial charge >= 0.3 is 6.03 Å². The molecular formula is C22H24N4O2. The summed E-state index contributed by atoms with van der Waals surface area (Å²) in [6, 6.07) is 17.5. The number of methoxy groups -OCH3 is 1. The Morgan fingerprint density at radius 2 is 1.93 bits per heavy atom. The number of ether oxygens (including phenoxy) is 1. The topological polar surface area (TPSA) is 68.2 Å². The molecule has 1 saturated carbocycles. The third kappa shape index (κ3) is 3.33. The van der Waals surface area contributed by atoms with Crippen LogP contribution in [0.1, 0.15) is 30.5 Å². The SMILES string of the molecule is COc1cccc(C2(NC(=O)Nc3cnn(-c4ccccc4)c3C)CCC2)c1. The van der Waals surface area contributed by atoms with Crippen LogP contribution in [0.4, 0.5) is 10.5 Å². The van der Waals surface area contributed by atoms with E-state index in [0.717, 1.165) is 42.0 Å². The number of carbonyl (C=O) groups excluding carboxylic acids is 1. The Morgan fingerprint density at radius 1 is 1.14 bits per heavy atom. The molecule has 0 radical (unpaired) electrons. The number of para-hydroxylation sites is 1. The molecule has 1 heterocycles. The molecule has 0 atom stereocenters. The smallest absolute Gasteiger partial charge is 0.320 e. The van der Waals surface area contributed by atoms with Gasteiger partial charge in [0, 0.05) is 0 Å². The first-order valence-corrected chi connectivity index (χ1v) is 9.45. The minimum atomic E-state index is -0.345. The van der Waals surface area contributed by atoms with Gasteiger partial charge in [0.05, 0.1) is 35.9 Å². The van der Waals surface area contributed by atoms with E-state index in [4.69, 9.17) is 4.74 Å². The number of rotatable bonds is 5. The van der Waals surface area contributed by atoms with Crippen LogP contribution in [-0.4, -0.2) is 22.9 Å². The summed E-state index contributed by atoms with van der Waals surface area (Å²) in [7, 11) is 1.65. The van der Waals surface area contributed by atoms with Crippen molar-refractivity contribution in [3.05, 3.63) is 72.1 Å². The van der Waals surface area contributed by atoms with Crippen LogP contribution in [0.5, 0.6) is 5.75 Å². The van der Waals surface area contributed by atoms with E-state index in [2.05, 4.69) is 15.7 Å². The van der Waals surface area contributed by atoms with E-state index in [1.54, 1.807) is 13.3 Å². The van der Waals surface area contributed by atoms with Gasteiger partial charge in [-0.15, -0.1) is 0 Å². The van der Waals surface area contributed by atoms with Crippen molar-refractivity contribution in [2.45, 2.75) is 31.7 Å². The van der Waals surface area contributed by atoms with Gasteiger partial charge in [-0.2, -0.15) is 5.10 Å². The van der Waals surface area contributed by atoms with Gasteiger partial charge in [-0.3, -0.25) is 0 Å². The molecule has 6 heteroatoms. The molecule has 2 N–H and O–H groups in total. The number of benzene rings is 2. The van der Waals surface area contributed by atoms with Crippen LogP contribution >= 0.6 is 0 Å². The molecule has 6 nitrogen and oxygen atoms in total. The van der Waals surface area contributed by atoms with E-state index in [1.807, 2.05) is 66.2 Å². The molecule has 3 aromatic rings. The number of aromatic nitrogens is 2. The Hall–Kier alpha value is -3.28. The maximum Gasteiger partial charge on any atom is 0.320 e. The molecule has 0 saturated heterocycles. The lowest BCUT2D eigenvalue weighted by Crippen LogP contribution is -2.52. The molecule has 1 fully saturated rings. The van der Waals surface area contributed by atoms with Gasteiger partial charge in [-0.25, -0.2) is 9.48 Å². The highest BCUT2D eigenvalue weighted by Crippen LogP contribution is 2.42. The highest BCUT2D eigenvalue weighted by molar-refractivity contribution is 5.90. The fraction of sp³-hybridized carbons (Fsp3) is 0.273. The van der Waals surface area contributed by atoms with Crippen molar-refractivity contribution >= 4 is 11.7 Å². The van der Waals surface area contributed by atoms with E-state index < -0.39 is 0 Å². The largest absolute Gasteiger partial charge is 0.497 e. The number of amides is 2. The van der Waals surface area contributed by atoms with E-state index in [-0.39, 0.29) is 11.6 Å². The Bertz CT molecular complexity index is 977. The van der Waals surface area contributed by atoms with Gasteiger partial charge in [0.1, 0.15) is 5.75 Å². The van der Waals surface area contributed by atoms with Crippen molar-refractivity contribution in [2.24, 2.45) is 0 Å². The summed E-state index contributed by atoms with van der Waals surface area (Å²) in [6.45, 7) is 1.94. The molecule has 0 bridgehead atoms. The van der Waals surface area contributed by atoms with Crippen molar-refractivity contribution in [3.8, 4) is 11.4 Å². The second kappa shape index (κ2) is 7.38. The van der Waals surface area contributed by atoms with Gasteiger partial charge in [0.15, 0.2) is 0 Å². The molecule has 2 aromatic carbocycles. The van der Waals surface area contributed by atoms with Crippen LogP contribution in [-0.2, 0) is 5.54 Å². The lowest BCUT2D eigenvalue weighted by molar-refractivity contribution is 0.184. The minimum absolute atomic E-state index is 0.224. The van der Waals surface area contributed by atoms with Gasteiger partial charge in [-0.05, 0) is 56.0 Å². The van der Waals surface area contributed by atoms with E-state index in [9.17, 15) is 4.79 Å². The summed E-state index contributed by atoms with van der Waals surface area (Å²) < 4.78 is 7.16. The highest BCUT2D eigenvalue weighted by atomic mass is 16.5. The van der Waals surface area contributed by atoms with E-state index in [1.165, 1.54) is 0 Å². The van der Waals surface area contributed by atoms with Crippen LogP contribution in [0, 0.1) is 6.92 Å². The number of urea groups is 1. The summed E-state index contributed by atoms with van der Waals surface area (Å²) in [5.74, 6) is 0.797. The maximum absolute atomic E-state index is 12.8. The lowest BCUT2D eigenvalue weighted by Gasteiger charge is -2.43.